The number of aliphatic carboxylic acids is 1. The standard InChI is InChI=1S/C26H33N5O3/c1-30-17-28-22-9-4-8-21(23(22)30)24(26(32)33)31-14-12-20(16-31)34-15-3-2-7-19-11-10-18-6-5-13-27-25(18)29-19/h4,8-11,17,20,24H,2-3,5-7,12-16H2,1H3,(H,27,29)(H,32,33)/t20-,24?/m1/s1. The van der Waals surface area contributed by atoms with Crippen LogP contribution in [-0.4, -0.2) is 62.9 Å². The molecule has 2 N–H and O–H groups in total. The number of rotatable bonds is 9. The first-order valence-corrected chi connectivity index (χ1v) is 12.3. The fourth-order valence-electron chi connectivity index (χ4n) is 5.24. The molecule has 5 rings (SSSR count). The Bertz CT molecular complexity index is 1160. The summed E-state index contributed by atoms with van der Waals surface area (Å²) in [5, 5.41) is 13.5. The van der Waals surface area contributed by atoms with E-state index in [2.05, 4.69) is 22.4 Å². The number of para-hydroxylation sites is 1. The molecule has 1 saturated heterocycles. The van der Waals surface area contributed by atoms with E-state index in [1.807, 2.05) is 34.7 Å². The largest absolute Gasteiger partial charge is 0.480 e. The van der Waals surface area contributed by atoms with Gasteiger partial charge in [-0.3, -0.25) is 9.69 Å². The summed E-state index contributed by atoms with van der Waals surface area (Å²) < 4.78 is 8.04. The number of aromatic nitrogens is 3. The third kappa shape index (κ3) is 4.79. The van der Waals surface area contributed by atoms with Gasteiger partial charge in [-0.25, -0.2) is 9.97 Å². The van der Waals surface area contributed by atoms with E-state index < -0.39 is 12.0 Å². The van der Waals surface area contributed by atoms with Gasteiger partial charge in [0, 0.05) is 44.5 Å². The maximum absolute atomic E-state index is 12.3. The summed E-state index contributed by atoms with van der Waals surface area (Å²) in [5.41, 5.74) is 4.95. The number of unbranched alkanes of at least 4 members (excludes halogenated alkanes) is 1. The number of likely N-dealkylation sites (tertiary alicyclic amines) is 1. The van der Waals surface area contributed by atoms with Crippen molar-refractivity contribution in [3.63, 3.8) is 0 Å². The van der Waals surface area contributed by atoms with E-state index in [1.54, 1.807) is 6.33 Å². The highest BCUT2D eigenvalue weighted by atomic mass is 16.5. The lowest BCUT2D eigenvalue weighted by atomic mass is 10.0. The third-order valence-corrected chi connectivity index (χ3v) is 6.97. The van der Waals surface area contributed by atoms with E-state index in [1.165, 1.54) is 12.0 Å². The molecule has 0 amide bonds. The number of nitrogens with one attached hydrogen (secondary N) is 1. The summed E-state index contributed by atoms with van der Waals surface area (Å²) >= 11 is 0. The molecule has 180 valence electrons. The van der Waals surface area contributed by atoms with Crippen LogP contribution in [-0.2, 0) is 29.4 Å². The van der Waals surface area contributed by atoms with Crippen molar-refractivity contribution in [1.29, 1.82) is 0 Å². The molecule has 1 fully saturated rings. The number of anilines is 1. The van der Waals surface area contributed by atoms with E-state index in [4.69, 9.17) is 9.72 Å². The minimum Gasteiger partial charge on any atom is -0.480 e. The second-order valence-electron chi connectivity index (χ2n) is 9.39. The normalized spacial score (nSPS) is 19.1. The zero-order chi connectivity index (χ0) is 23.5. The summed E-state index contributed by atoms with van der Waals surface area (Å²) in [6.07, 6.45) is 7.89. The molecule has 2 aliphatic rings. The van der Waals surface area contributed by atoms with Crippen molar-refractivity contribution in [1.82, 2.24) is 19.4 Å². The van der Waals surface area contributed by atoms with Crippen molar-refractivity contribution in [3.8, 4) is 0 Å². The topological polar surface area (TPSA) is 92.5 Å². The number of imidazole rings is 1. The minimum atomic E-state index is -0.832. The monoisotopic (exact) mass is 463 g/mol. The predicted octanol–water partition coefficient (Wildman–Crippen LogP) is 3.57. The Kier molecular flexibility index (Phi) is 6.78. The highest BCUT2D eigenvalue weighted by Gasteiger charge is 2.35. The second-order valence-corrected chi connectivity index (χ2v) is 9.39. The van der Waals surface area contributed by atoms with Gasteiger partial charge < -0.3 is 19.7 Å². The number of aryl methyl sites for hydroxylation is 3. The van der Waals surface area contributed by atoms with Crippen molar-refractivity contribution in [2.75, 3.05) is 31.6 Å². The summed E-state index contributed by atoms with van der Waals surface area (Å²) in [6, 6.07) is 9.37. The fraction of sp³-hybridized carbons (Fsp3) is 0.500. The van der Waals surface area contributed by atoms with Gasteiger partial charge in [0.15, 0.2) is 0 Å². The van der Waals surface area contributed by atoms with Crippen molar-refractivity contribution < 1.29 is 14.6 Å². The molecule has 1 unspecified atom stereocenters. The number of ether oxygens (including phenoxy) is 1. The van der Waals surface area contributed by atoms with E-state index in [9.17, 15) is 9.90 Å². The van der Waals surface area contributed by atoms with Gasteiger partial charge in [-0.05, 0) is 56.2 Å². The lowest BCUT2D eigenvalue weighted by Crippen LogP contribution is -2.33. The van der Waals surface area contributed by atoms with Gasteiger partial charge in [-0.2, -0.15) is 0 Å². The second kappa shape index (κ2) is 10.1. The molecule has 2 aromatic heterocycles. The van der Waals surface area contributed by atoms with Gasteiger partial charge in [0.25, 0.3) is 0 Å². The Morgan fingerprint density at radius 3 is 3.09 bits per heavy atom. The van der Waals surface area contributed by atoms with E-state index in [0.29, 0.717) is 19.7 Å². The first-order chi connectivity index (χ1) is 16.6. The van der Waals surface area contributed by atoms with Crippen LogP contribution in [0.5, 0.6) is 0 Å². The van der Waals surface area contributed by atoms with Crippen LogP contribution >= 0.6 is 0 Å². The number of hydrogen-bond donors (Lipinski definition) is 2. The molecule has 0 spiro atoms. The summed E-state index contributed by atoms with van der Waals surface area (Å²) in [5.74, 6) is 0.224. The molecule has 0 bridgehead atoms. The van der Waals surface area contributed by atoms with Crippen LogP contribution in [0.1, 0.15) is 48.5 Å². The molecular weight excluding hydrogens is 430 g/mol. The maximum atomic E-state index is 12.3. The van der Waals surface area contributed by atoms with Crippen LogP contribution < -0.4 is 5.32 Å². The van der Waals surface area contributed by atoms with Gasteiger partial charge in [0.2, 0.25) is 0 Å². The smallest absolute Gasteiger partial charge is 0.325 e. The SMILES string of the molecule is Cn1cnc2cccc(C(C(=O)O)N3CC[C@@H](OCCCCc4ccc5c(n4)NCCC5)C3)c21. The molecule has 8 nitrogen and oxygen atoms in total. The Morgan fingerprint density at radius 1 is 1.29 bits per heavy atom. The molecule has 8 heteroatoms. The quantitative estimate of drug-likeness (QED) is 0.469. The van der Waals surface area contributed by atoms with Gasteiger partial charge in [0.05, 0.1) is 23.5 Å². The van der Waals surface area contributed by atoms with Crippen LogP contribution in [0.3, 0.4) is 0 Å². The number of fused-ring (bicyclic) bond motifs is 2. The van der Waals surface area contributed by atoms with E-state index >= 15 is 0 Å². The molecule has 0 radical (unpaired) electrons. The van der Waals surface area contributed by atoms with Crippen LogP contribution in [0.25, 0.3) is 11.0 Å². The molecule has 2 aliphatic heterocycles. The van der Waals surface area contributed by atoms with Gasteiger partial charge >= 0.3 is 5.97 Å². The number of carboxylic acids is 1. The minimum absolute atomic E-state index is 0.0682. The van der Waals surface area contributed by atoms with Gasteiger partial charge in [-0.15, -0.1) is 0 Å². The van der Waals surface area contributed by atoms with Crippen molar-refractivity contribution in [2.24, 2.45) is 7.05 Å². The summed E-state index contributed by atoms with van der Waals surface area (Å²) in [6.45, 7) is 3.04. The number of carboxylic acid groups (broad SMARTS) is 1. The first kappa shape index (κ1) is 22.8. The number of carbonyl (C=O) groups is 1. The molecule has 4 heterocycles. The average molecular weight is 464 g/mol. The Morgan fingerprint density at radius 2 is 2.21 bits per heavy atom. The third-order valence-electron chi connectivity index (χ3n) is 6.97. The molecular formula is C26H33N5O3. The van der Waals surface area contributed by atoms with Gasteiger partial charge in [0.1, 0.15) is 11.9 Å². The lowest BCUT2D eigenvalue weighted by Gasteiger charge is -2.25. The van der Waals surface area contributed by atoms with Crippen LogP contribution in [0.15, 0.2) is 36.7 Å². The van der Waals surface area contributed by atoms with Crippen LogP contribution in [0, 0.1) is 0 Å². The van der Waals surface area contributed by atoms with Crippen molar-refractivity contribution >= 4 is 22.8 Å². The first-order valence-electron chi connectivity index (χ1n) is 12.3. The number of benzene rings is 1. The number of nitrogens with zero attached hydrogens (tertiary/aromatic N) is 4. The molecule has 3 aromatic rings. The molecule has 0 aliphatic carbocycles. The highest BCUT2D eigenvalue weighted by molar-refractivity contribution is 5.86. The lowest BCUT2D eigenvalue weighted by molar-refractivity contribution is -0.143. The zero-order valence-corrected chi connectivity index (χ0v) is 19.7. The number of pyridine rings is 1. The Hall–Kier alpha value is -2.97. The van der Waals surface area contributed by atoms with E-state index in [-0.39, 0.29) is 6.10 Å². The van der Waals surface area contributed by atoms with Crippen LogP contribution in [0.4, 0.5) is 5.82 Å². The molecule has 0 saturated carbocycles. The molecule has 1 aromatic carbocycles. The van der Waals surface area contributed by atoms with E-state index in [0.717, 1.165) is 66.8 Å². The Labute approximate surface area is 200 Å². The average Bonchev–Trinajstić information content (AvgIpc) is 3.46. The summed E-state index contributed by atoms with van der Waals surface area (Å²) in [7, 11) is 1.91. The van der Waals surface area contributed by atoms with Crippen molar-refractivity contribution in [3.05, 3.63) is 53.5 Å². The number of hydrogen-bond acceptors (Lipinski definition) is 6. The fourth-order valence-corrected chi connectivity index (χ4v) is 5.24. The Balaban J connectivity index is 1.12. The van der Waals surface area contributed by atoms with Crippen molar-refractivity contribution in [2.45, 2.75) is 50.7 Å². The maximum Gasteiger partial charge on any atom is 0.325 e. The van der Waals surface area contributed by atoms with Crippen LogP contribution in [0.2, 0.25) is 0 Å². The zero-order valence-electron chi connectivity index (χ0n) is 19.7. The molecule has 2 atom stereocenters. The highest BCUT2D eigenvalue weighted by Crippen LogP contribution is 2.31. The predicted molar refractivity (Wildman–Crippen MR) is 131 cm³/mol. The van der Waals surface area contributed by atoms with Gasteiger partial charge in [-0.1, -0.05) is 18.2 Å². The molecule has 34 heavy (non-hydrogen) atoms. The summed E-state index contributed by atoms with van der Waals surface area (Å²) in [4.78, 5) is 23.4.